The SMILES string of the molecule is Fc1ccc(-c2nnc(CNc3cc(Cl)ccc3Cl)o2)cc1. The van der Waals surface area contributed by atoms with Gasteiger partial charge in [-0.1, -0.05) is 23.2 Å². The minimum absolute atomic E-state index is 0.300. The normalized spacial score (nSPS) is 10.7. The number of aromatic nitrogens is 2. The summed E-state index contributed by atoms with van der Waals surface area (Å²) >= 11 is 12.0. The highest BCUT2D eigenvalue weighted by Gasteiger charge is 2.09. The van der Waals surface area contributed by atoms with Gasteiger partial charge < -0.3 is 9.73 Å². The van der Waals surface area contributed by atoms with Crippen molar-refractivity contribution in [3.8, 4) is 11.5 Å². The first-order chi connectivity index (χ1) is 10.6. The predicted octanol–water partition coefficient (Wildman–Crippen LogP) is 4.79. The molecule has 0 saturated carbocycles. The minimum atomic E-state index is -0.319. The molecule has 0 fully saturated rings. The molecule has 0 amide bonds. The number of nitrogens with zero attached hydrogens (tertiary/aromatic N) is 2. The van der Waals surface area contributed by atoms with Gasteiger partial charge in [0.2, 0.25) is 11.8 Å². The number of nitrogens with one attached hydrogen (secondary N) is 1. The van der Waals surface area contributed by atoms with Crippen LogP contribution in [-0.4, -0.2) is 10.2 Å². The van der Waals surface area contributed by atoms with E-state index in [4.69, 9.17) is 27.6 Å². The summed E-state index contributed by atoms with van der Waals surface area (Å²) in [6, 6.07) is 10.9. The Morgan fingerprint density at radius 1 is 1.05 bits per heavy atom. The summed E-state index contributed by atoms with van der Waals surface area (Å²) in [6.45, 7) is 0.300. The van der Waals surface area contributed by atoms with Crippen molar-refractivity contribution in [1.29, 1.82) is 0 Å². The Bertz CT molecular complexity index is 790. The van der Waals surface area contributed by atoms with Crippen LogP contribution < -0.4 is 5.32 Å². The van der Waals surface area contributed by atoms with Gasteiger partial charge in [-0.3, -0.25) is 0 Å². The van der Waals surface area contributed by atoms with Gasteiger partial charge in [-0.25, -0.2) is 4.39 Å². The van der Waals surface area contributed by atoms with Crippen LogP contribution in [-0.2, 0) is 6.54 Å². The van der Waals surface area contributed by atoms with Crippen molar-refractivity contribution < 1.29 is 8.81 Å². The zero-order valence-electron chi connectivity index (χ0n) is 11.2. The van der Waals surface area contributed by atoms with Crippen molar-refractivity contribution in [2.45, 2.75) is 6.54 Å². The maximum absolute atomic E-state index is 12.9. The van der Waals surface area contributed by atoms with Crippen LogP contribution in [0.15, 0.2) is 46.9 Å². The van der Waals surface area contributed by atoms with Crippen LogP contribution in [0.1, 0.15) is 5.89 Å². The maximum Gasteiger partial charge on any atom is 0.247 e. The van der Waals surface area contributed by atoms with Gasteiger partial charge in [-0.2, -0.15) is 0 Å². The molecule has 0 aliphatic carbocycles. The molecule has 1 N–H and O–H groups in total. The molecule has 0 spiro atoms. The minimum Gasteiger partial charge on any atom is -0.419 e. The Labute approximate surface area is 135 Å². The average molecular weight is 338 g/mol. The van der Waals surface area contributed by atoms with Gasteiger partial charge >= 0.3 is 0 Å². The van der Waals surface area contributed by atoms with Crippen LogP contribution in [0.3, 0.4) is 0 Å². The molecule has 0 radical (unpaired) electrons. The van der Waals surface area contributed by atoms with Crippen LogP contribution in [0, 0.1) is 5.82 Å². The van der Waals surface area contributed by atoms with E-state index >= 15 is 0 Å². The van der Waals surface area contributed by atoms with Gasteiger partial charge in [0, 0.05) is 10.6 Å². The van der Waals surface area contributed by atoms with Crippen molar-refractivity contribution >= 4 is 28.9 Å². The van der Waals surface area contributed by atoms with E-state index < -0.39 is 0 Å². The van der Waals surface area contributed by atoms with E-state index in [0.717, 1.165) is 0 Å². The number of rotatable bonds is 4. The lowest BCUT2D eigenvalue weighted by Crippen LogP contribution is -2.00. The maximum atomic E-state index is 12.9. The van der Waals surface area contributed by atoms with Gasteiger partial charge in [-0.05, 0) is 42.5 Å². The lowest BCUT2D eigenvalue weighted by molar-refractivity contribution is 0.515. The van der Waals surface area contributed by atoms with Gasteiger partial charge in [0.25, 0.3) is 0 Å². The third-order valence-electron chi connectivity index (χ3n) is 2.92. The largest absolute Gasteiger partial charge is 0.419 e. The first kappa shape index (κ1) is 14.8. The summed E-state index contributed by atoms with van der Waals surface area (Å²) in [6.07, 6.45) is 0. The van der Waals surface area contributed by atoms with Gasteiger partial charge in [0.05, 0.1) is 17.3 Å². The molecule has 3 aromatic rings. The van der Waals surface area contributed by atoms with E-state index in [2.05, 4.69) is 15.5 Å². The highest BCUT2D eigenvalue weighted by Crippen LogP contribution is 2.26. The van der Waals surface area contributed by atoms with E-state index in [-0.39, 0.29) is 5.82 Å². The molecule has 1 heterocycles. The molecule has 3 rings (SSSR count). The van der Waals surface area contributed by atoms with Gasteiger partial charge in [0.15, 0.2) is 0 Å². The molecule has 112 valence electrons. The molecule has 7 heteroatoms. The number of benzene rings is 2. The fourth-order valence-electron chi connectivity index (χ4n) is 1.84. The average Bonchev–Trinajstić information content (AvgIpc) is 2.98. The summed E-state index contributed by atoms with van der Waals surface area (Å²) in [5, 5.41) is 12.1. The Morgan fingerprint density at radius 2 is 1.82 bits per heavy atom. The summed E-state index contributed by atoms with van der Waals surface area (Å²) in [5.41, 5.74) is 1.33. The van der Waals surface area contributed by atoms with Crippen molar-refractivity contribution in [3.63, 3.8) is 0 Å². The third-order valence-corrected chi connectivity index (χ3v) is 3.48. The van der Waals surface area contributed by atoms with E-state index in [0.29, 0.717) is 39.6 Å². The fraction of sp³-hybridized carbons (Fsp3) is 0.0667. The highest BCUT2D eigenvalue weighted by atomic mass is 35.5. The second kappa shape index (κ2) is 6.34. The van der Waals surface area contributed by atoms with E-state index in [1.807, 2.05) is 0 Å². The highest BCUT2D eigenvalue weighted by molar-refractivity contribution is 6.35. The van der Waals surface area contributed by atoms with E-state index in [1.54, 1.807) is 30.3 Å². The zero-order valence-corrected chi connectivity index (χ0v) is 12.7. The van der Waals surface area contributed by atoms with Crippen LogP contribution >= 0.6 is 23.2 Å². The summed E-state index contributed by atoms with van der Waals surface area (Å²) in [5.74, 6) is 0.394. The van der Waals surface area contributed by atoms with Crippen LogP contribution in [0.25, 0.3) is 11.5 Å². The monoisotopic (exact) mass is 337 g/mol. The Hall–Kier alpha value is -2.11. The molecule has 0 aliphatic rings. The molecule has 22 heavy (non-hydrogen) atoms. The lowest BCUT2D eigenvalue weighted by Gasteiger charge is -2.06. The Kier molecular flexibility index (Phi) is 4.27. The summed E-state index contributed by atoms with van der Waals surface area (Å²) in [4.78, 5) is 0. The van der Waals surface area contributed by atoms with Crippen molar-refractivity contribution in [2.75, 3.05) is 5.32 Å². The second-order valence-electron chi connectivity index (χ2n) is 4.49. The number of anilines is 1. The molecule has 1 aromatic heterocycles. The quantitative estimate of drug-likeness (QED) is 0.743. The standard InChI is InChI=1S/C15H10Cl2FN3O/c16-10-3-6-12(17)13(7-10)19-8-14-20-21-15(22-14)9-1-4-11(18)5-2-9/h1-7,19H,8H2. The molecular weight excluding hydrogens is 328 g/mol. The van der Waals surface area contributed by atoms with Crippen LogP contribution in [0.4, 0.5) is 10.1 Å². The fourth-order valence-corrected chi connectivity index (χ4v) is 2.19. The first-order valence-corrected chi connectivity index (χ1v) is 7.14. The molecular formula is C15H10Cl2FN3O. The zero-order chi connectivity index (χ0) is 15.5. The Balaban J connectivity index is 1.72. The summed E-state index contributed by atoms with van der Waals surface area (Å²) < 4.78 is 18.4. The number of hydrogen-bond donors (Lipinski definition) is 1. The molecule has 4 nitrogen and oxygen atoms in total. The molecule has 0 saturated heterocycles. The van der Waals surface area contributed by atoms with Crippen molar-refractivity contribution in [2.24, 2.45) is 0 Å². The first-order valence-electron chi connectivity index (χ1n) is 6.39. The van der Waals surface area contributed by atoms with Crippen LogP contribution in [0.5, 0.6) is 0 Å². The topological polar surface area (TPSA) is 51.0 Å². The molecule has 0 aliphatic heterocycles. The number of halogens is 3. The molecule has 0 atom stereocenters. The van der Waals surface area contributed by atoms with Crippen molar-refractivity contribution in [1.82, 2.24) is 10.2 Å². The van der Waals surface area contributed by atoms with E-state index in [1.165, 1.54) is 12.1 Å². The smallest absolute Gasteiger partial charge is 0.247 e. The number of hydrogen-bond acceptors (Lipinski definition) is 4. The molecule has 2 aromatic carbocycles. The van der Waals surface area contributed by atoms with Crippen molar-refractivity contribution in [3.05, 3.63) is 64.2 Å². The molecule has 0 bridgehead atoms. The molecule has 0 unspecified atom stereocenters. The van der Waals surface area contributed by atoms with Crippen LogP contribution in [0.2, 0.25) is 10.0 Å². The lowest BCUT2D eigenvalue weighted by atomic mass is 10.2. The third kappa shape index (κ3) is 3.37. The predicted molar refractivity (Wildman–Crippen MR) is 83.5 cm³/mol. The summed E-state index contributed by atoms with van der Waals surface area (Å²) in [7, 11) is 0. The van der Waals surface area contributed by atoms with Gasteiger partial charge in [0.1, 0.15) is 5.82 Å². The van der Waals surface area contributed by atoms with Gasteiger partial charge in [-0.15, -0.1) is 10.2 Å². The second-order valence-corrected chi connectivity index (χ2v) is 5.33. The van der Waals surface area contributed by atoms with E-state index in [9.17, 15) is 4.39 Å². The Morgan fingerprint density at radius 3 is 2.59 bits per heavy atom.